The summed E-state index contributed by atoms with van der Waals surface area (Å²) in [6.07, 6.45) is 3.71. The summed E-state index contributed by atoms with van der Waals surface area (Å²) >= 11 is 1.39. The molecule has 1 aromatic heterocycles. The van der Waals surface area contributed by atoms with Gasteiger partial charge in [-0.15, -0.1) is 0 Å². The molecule has 4 unspecified atom stereocenters. The Kier molecular flexibility index (Phi) is 10.9. The van der Waals surface area contributed by atoms with Crippen molar-refractivity contribution in [2.24, 2.45) is 17.8 Å². The molecule has 5 aliphatic rings. The third kappa shape index (κ3) is 8.33. The highest BCUT2D eigenvalue weighted by atomic mass is 32.2. The zero-order valence-electron chi connectivity index (χ0n) is 29.4. The van der Waals surface area contributed by atoms with Gasteiger partial charge in [0.1, 0.15) is 17.7 Å². The van der Waals surface area contributed by atoms with Gasteiger partial charge >= 0.3 is 6.09 Å². The van der Waals surface area contributed by atoms with E-state index in [1.165, 1.54) is 15.6 Å². The Morgan fingerprint density at radius 2 is 1.81 bits per heavy atom. The number of alkyl carbamates (subject to hydrolysis) is 1. The van der Waals surface area contributed by atoms with Gasteiger partial charge in [0.05, 0.1) is 47.1 Å². The first-order valence-electron chi connectivity index (χ1n) is 18.7. The average Bonchev–Trinajstić information content (AvgIpc) is 3.57. The lowest BCUT2D eigenvalue weighted by molar-refractivity contribution is -0.169. The fraction of sp³-hybridized carbons (Fsp3) is 0.622. The maximum absolute atomic E-state index is 14.7. The molecule has 4 heterocycles. The van der Waals surface area contributed by atoms with Crippen molar-refractivity contribution < 1.29 is 46.0 Å². The van der Waals surface area contributed by atoms with E-state index in [4.69, 9.17) is 23.9 Å². The van der Waals surface area contributed by atoms with E-state index in [0.717, 1.165) is 68.3 Å². The number of β-amino-alcohol motifs (C(OH)–C–C–N with tert-alkyl or cyclic N) is 1. The summed E-state index contributed by atoms with van der Waals surface area (Å²) in [4.78, 5) is 18.3. The van der Waals surface area contributed by atoms with Crippen LogP contribution in [0.15, 0.2) is 35.2 Å². The van der Waals surface area contributed by atoms with Crippen molar-refractivity contribution >= 4 is 42.8 Å². The van der Waals surface area contributed by atoms with Crippen LogP contribution >= 0.6 is 11.3 Å². The molecule has 3 N–H and O–H groups in total. The summed E-state index contributed by atoms with van der Waals surface area (Å²) in [5, 5.41) is 18.7. The third-order valence-corrected chi connectivity index (χ3v) is 14.0. The number of nitrogens with zero attached hydrogens (tertiary/aromatic N) is 2. The Hall–Kier alpha value is -2.99. The van der Waals surface area contributed by atoms with E-state index in [0.29, 0.717) is 48.1 Å². The van der Waals surface area contributed by atoms with E-state index < -0.39 is 46.0 Å². The lowest BCUT2D eigenvalue weighted by Gasteiger charge is -2.31. The van der Waals surface area contributed by atoms with Gasteiger partial charge in [0, 0.05) is 49.6 Å². The van der Waals surface area contributed by atoms with Crippen LogP contribution in [0.1, 0.15) is 62.5 Å². The quantitative estimate of drug-likeness (QED) is 0.261. The summed E-state index contributed by atoms with van der Waals surface area (Å²) in [5.41, 5.74) is 1.33. The molecule has 0 spiro atoms. The molecule has 53 heavy (non-hydrogen) atoms. The van der Waals surface area contributed by atoms with Gasteiger partial charge in [-0.1, -0.05) is 30.6 Å². The van der Waals surface area contributed by atoms with Gasteiger partial charge in [-0.05, 0) is 73.9 Å². The number of rotatable bonds is 9. The fourth-order valence-corrected chi connectivity index (χ4v) is 11.0. The second-order valence-corrected chi connectivity index (χ2v) is 18.0. The molecule has 2 bridgehead atoms. The molecule has 2 saturated heterocycles. The number of hydrogen-bond acceptors (Lipinski definition) is 11. The first kappa shape index (κ1) is 37.0. The zero-order chi connectivity index (χ0) is 36.7. The molecule has 288 valence electrons. The number of benzene rings is 2. The smallest absolute Gasteiger partial charge is 0.407 e. The van der Waals surface area contributed by atoms with E-state index in [1.807, 2.05) is 0 Å². The number of carbonyl (C=O) groups is 1. The molecule has 0 radical (unpaired) electrons. The molecular formula is C37H46F2N4O8S2. The number of sulfonamides is 1. The van der Waals surface area contributed by atoms with Crippen LogP contribution in [0.5, 0.6) is 0 Å². The first-order chi connectivity index (χ1) is 25.6. The van der Waals surface area contributed by atoms with E-state index in [9.17, 15) is 27.1 Å². The highest BCUT2D eigenvalue weighted by Crippen LogP contribution is 2.49. The number of aliphatic hydroxyl groups is 1. The van der Waals surface area contributed by atoms with Gasteiger partial charge in [-0.25, -0.2) is 27.0 Å². The molecular weight excluding hydrogens is 731 g/mol. The van der Waals surface area contributed by atoms with Crippen LogP contribution in [0.4, 0.5) is 18.7 Å². The Labute approximate surface area is 311 Å². The Morgan fingerprint density at radius 1 is 1.04 bits per heavy atom. The van der Waals surface area contributed by atoms with Crippen LogP contribution in [-0.2, 0) is 42.0 Å². The normalized spacial score (nSPS) is 28.6. The fourth-order valence-electron chi connectivity index (χ4n) is 8.23. The number of thiazole rings is 1. The van der Waals surface area contributed by atoms with Crippen LogP contribution in [0, 0.1) is 29.4 Å². The van der Waals surface area contributed by atoms with E-state index in [1.54, 1.807) is 12.1 Å². The minimum absolute atomic E-state index is 0.00268. The number of carbonyl (C=O) groups excluding carboxylic acids is 1. The highest BCUT2D eigenvalue weighted by molar-refractivity contribution is 7.89. The molecule has 8 rings (SSSR count). The van der Waals surface area contributed by atoms with Crippen molar-refractivity contribution in [3.05, 3.63) is 53.1 Å². The average molecular weight is 777 g/mol. The van der Waals surface area contributed by atoms with Crippen molar-refractivity contribution in [3.63, 3.8) is 0 Å². The summed E-state index contributed by atoms with van der Waals surface area (Å²) in [6.45, 7) is 1.11. The van der Waals surface area contributed by atoms with Crippen LogP contribution < -0.4 is 10.6 Å². The molecule has 4 fully saturated rings. The number of halogens is 2. The predicted molar refractivity (Wildman–Crippen MR) is 192 cm³/mol. The molecule has 12 nitrogen and oxygen atoms in total. The van der Waals surface area contributed by atoms with Crippen molar-refractivity contribution in [1.29, 1.82) is 0 Å². The van der Waals surface area contributed by atoms with Crippen LogP contribution in [0.3, 0.4) is 0 Å². The summed E-state index contributed by atoms with van der Waals surface area (Å²) in [7, 11) is -4.23. The maximum Gasteiger partial charge on any atom is 0.407 e. The molecule has 2 aromatic carbocycles. The number of amides is 1. The Morgan fingerprint density at radius 3 is 2.62 bits per heavy atom. The molecule has 7 atom stereocenters. The van der Waals surface area contributed by atoms with Crippen molar-refractivity contribution in [3.8, 4) is 0 Å². The van der Waals surface area contributed by atoms with Gasteiger partial charge in [0.15, 0.2) is 11.4 Å². The summed E-state index contributed by atoms with van der Waals surface area (Å²) < 4.78 is 83.4. The first-order valence-corrected chi connectivity index (χ1v) is 21.0. The molecule has 3 aromatic rings. The molecule has 2 saturated carbocycles. The molecule has 16 heteroatoms. The number of hydrogen-bond donors (Lipinski definition) is 3. The molecule has 3 aliphatic heterocycles. The minimum Gasteiger partial charge on any atom is -0.445 e. The monoisotopic (exact) mass is 776 g/mol. The second-order valence-electron chi connectivity index (χ2n) is 15.1. The maximum atomic E-state index is 14.7. The summed E-state index contributed by atoms with van der Waals surface area (Å²) in [6, 6.07) is 5.62. The Bertz CT molecular complexity index is 1890. The lowest BCUT2D eigenvalue weighted by Crippen LogP contribution is -2.51. The van der Waals surface area contributed by atoms with Crippen molar-refractivity contribution in [2.45, 2.75) is 99.9 Å². The highest BCUT2D eigenvalue weighted by Gasteiger charge is 2.56. The lowest BCUT2D eigenvalue weighted by atomic mass is 9.98. The largest absolute Gasteiger partial charge is 0.445 e. The predicted octanol–water partition coefficient (Wildman–Crippen LogP) is 5.33. The zero-order valence-corrected chi connectivity index (χ0v) is 31.0. The standard InChI is InChI=1S/C37H46F2N4O8S2/c38-24-10-21(11-25(39)15-24)12-29(42-37(45)51-34-23-13-27-28(34)20-50-35(27)49-19-23)31(44)17-43-8-4-2-1-3-5-9-48-18-22-14-30-32(16-33(22)53(43,46)47)52-36(41-30)40-26-6-7-26/h10-11,14-16,23,26-29,31,34-35,44H,1-9,12-13,17-20H2,(H,40,41)(H,42,45)/t23?,27?,28?,29-,31+,34+,35?/m0/s1. The van der Waals surface area contributed by atoms with Crippen LogP contribution in [0.25, 0.3) is 10.2 Å². The van der Waals surface area contributed by atoms with Gasteiger partial charge in [0.2, 0.25) is 10.0 Å². The van der Waals surface area contributed by atoms with E-state index in [2.05, 4.69) is 10.6 Å². The van der Waals surface area contributed by atoms with E-state index in [-0.39, 0.29) is 60.6 Å². The third-order valence-electron chi connectivity index (χ3n) is 11.1. The number of aromatic nitrogens is 1. The van der Waals surface area contributed by atoms with Crippen molar-refractivity contribution in [2.75, 3.05) is 38.2 Å². The van der Waals surface area contributed by atoms with Crippen molar-refractivity contribution in [1.82, 2.24) is 14.6 Å². The van der Waals surface area contributed by atoms with Crippen LogP contribution in [-0.4, -0.2) is 92.4 Å². The summed E-state index contributed by atoms with van der Waals surface area (Å²) in [5.74, 6) is -1.51. The number of anilines is 1. The van der Waals surface area contributed by atoms with Gasteiger partial charge in [0.25, 0.3) is 0 Å². The SMILES string of the molecule is O=C(N[C@@H](Cc1cc(F)cc(F)c1)[C@H](O)CN1CCCCCCCOCc2cc3nc(NC4CC4)sc3cc2S1(=O)=O)O[C@@H]1C2COC3OCC1C3C2. The minimum atomic E-state index is -4.23. The second kappa shape index (κ2) is 15.6. The van der Waals surface area contributed by atoms with E-state index >= 15 is 0 Å². The molecule has 1 amide bonds. The number of ether oxygens (including phenoxy) is 4. The van der Waals surface area contributed by atoms with Crippen LogP contribution in [0.2, 0.25) is 0 Å². The number of aliphatic hydroxyl groups excluding tert-OH is 1. The number of nitrogens with one attached hydrogen (secondary N) is 2. The Balaban J connectivity index is 1.07. The van der Waals surface area contributed by atoms with Gasteiger partial charge in [-0.3, -0.25) is 0 Å². The van der Waals surface area contributed by atoms with Gasteiger partial charge < -0.3 is 34.7 Å². The topological polar surface area (TPSA) is 149 Å². The number of fused-ring (bicyclic) bond motifs is 3. The van der Waals surface area contributed by atoms with Gasteiger partial charge in [-0.2, -0.15) is 4.31 Å². The molecule has 2 aliphatic carbocycles.